The van der Waals surface area contributed by atoms with Gasteiger partial charge < -0.3 is 14.8 Å². The van der Waals surface area contributed by atoms with Crippen LogP contribution < -0.4 is 5.32 Å². The highest BCUT2D eigenvalue weighted by molar-refractivity contribution is 6.24. The lowest BCUT2D eigenvalue weighted by Gasteiger charge is -2.38. The van der Waals surface area contributed by atoms with Gasteiger partial charge in [0.15, 0.2) is 0 Å². The Labute approximate surface area is 161 Å². The van der Waals surface area contributed by atoms with Gasteiger partial charge in [-0.15, -0.1) is 0 Å². The van der Waals surface area contributed by atoms with E-state index in [9.17, 15) is 9.59 Å². The van der Waals surface area contributed by atoms with Gasteiger partial charge in [0.2, 0.25) is 0 Å². The molecule has 0 aliphatic carbocycles. The quantitative estimate of drug-likeness (QED) is 0.825. The molecule has 1 saturated heterocycles. The van der Waals surface area contributed by atoms with E-state index in [0.29, 0.717) is 30.8 Å². The molecule has 0 aromatic heterocycles. The van der Waals surface area contributed by atoms with Crippen LogP contribution in [0.4, 0.5) is 0 Å². The molecule has 1 fully saturated rings. The van der Waals surface area contributed by atoms with E-state index in [-0.39, 0.29) is 23.9 Å². The molecule has 5 nitrogen and oxygen atoms in total. The van der Waals surface area contributed by atoms with E-state index in [2.05, 4.69) is 17.4 Å². The predicted octanol–water partition coefficient (Wildman–Crippen LogP) is 3.59. The lowest BCUT2D eigenvalue weighted by molar-refractivity contribution is -0.145. The Morgan fingerprint density at radius 2 is 1.89 bits per heavy atom. The molecule has 1 aromatic carbocycles. The number of carbonyl (C=O) groups is 2. The SMILES string of the molecule is Cc1cc(C)c(C2=C(OC(=O)C(C)C)C3(CCOC(C)C3)NC2=O)c(C)c1. The first-order valence-electron chi connectivity index (χ1n) is 9.63. The van der Waals surface area contributed by atoms with Crippen molar-refractivity contribution in [2.24, 2.45) is 5.92 Å². The molecule has 0 saturated carbocycles. The summed E-state index contributed by atoms with van der Waals surface area (Å²) in [6, 6.07) is 4.12. The minimum atomic E-state index is -0.682. The highest BCUT2D eigenvalue weighted by Crippen LogP contribution is 2.43. The summed E-state index contributed by atoms with van der Waals surface area (Å²) in [6.45, 7) is 12.1. The van der Waals surface area contributed by atoms with E-state index in [1.165, 1.54) is 0 Å². The third kappa shape index (κ3) is 3.53. The van der Waals surface area contributed by atoms with E-state index in [4.69, 9.17) is 9.47 Å². The molecule has 2 unspecified atom stereocenters. The molecule has 1 spiro atoms. The molecule has 0 bridgehead atoms. The first-order chi connectivity index (χ1) is 12.6. The lowest BCUT2D eigenvalue weighted by atomic mass is 9.84. The summed E-state index contributed by atoms with van der Waals surface area (Å²) in [5.41, 5.74) is 3.83. The first kappa shape index (κ1) is 19.6. The molecule has 1 aromatic rings. The fraction of sp³-hybridized carbons (Fsp3) is 0.545. The molecule has 0 radical (unpaired) electrons. The second-order valence-electron chi connectivity index (χ2n) is 8.23. The van der Waals surface area contributed by atoms with Crippen LogP contribution in [0.5, 0.6) is 0 Å². The van der Waals surface area contributed by atoms with Crippen LogP contribution in [0.1, 0.15) is 55.9 Å². The van der Waals surface area contributed by atoms with Gasteiger partial charge in [-0.3, -0.25) is 9.59 Å². The molecule has 2 atom stereocenters. The average Bonchev–Trinajstić information content (AvgIpc) is 2.78. The zero-order valence-corrected chi connectivity index (χ0v) is 17.1. The maximum absolute atomic E-state index is 13.1. The summed E-state index contributed by atoms with van der Waals surface area (Å²) in [7, 11) is 0. The van der Waals surface area contributed by atoms with E-state index in [1.807, 2.05) is 27.7 Å². The standard InChI is InChI=1S/C22H29NO4/c1-12(2)21(25)27-19-18(17-14(4)9-13(3)10-15(17)5)20(24)23-22(19)7-8-26-16(6)11-22/h9-10,12,16H,7-8,11H2,1-6H3,(H,23,24). The molecule has 3 rings (SSSR count). The smallest absolute Gasteiger partial charge is 0.313 e. The van der Waals surface area contributed by atoms with Crippen molar-refractivity contribution < 1.29 is 19.1 Å². The van der Waals surface area contributed by atoms with Crippen molar-refractivity contribution in [2.45, 2.75) is 66.0 Å². The van der Waals surface area contributed by atoms with Gasteiger partial charge in [-0.1, -0.05) is 31.5 Å². The Balaban J connectivity index is 2.21. The van der Waals surface area contributed by atoms with Gasteiger partial charge in [-0.2, -0.15) is 0 Å². The molecular formula is C22H29NO4. The second-order valence-corrected chi connectivity index (χ2v) is 8.23. The number of esters is 1. The van der Waals surface area contributed by atoms with Crippen LogP contribution in [0, 0.1) is 26.7 Å². The molecule has 5 heteroatoms. The second kappa shape index (κ2) is 7.12. The highest BCUT2D eigenvalue weighted by atomic mass is 16.5. The van der Waals surface area contributed by atoms with Gasteiger partial charge >= 0.3 is 5.97 Å². The summed E-state index contributed by atoms with van der Waals surface area (Å²) < 4.78 is 11.6. The predicted molar refractivity (Wildman–Crippen MR) is 104 cm³/mol. The Morgan fingerprint density at radius 3 is 2.44 bits per heavy atom. The number of hydrogen-bond donors (Lipinski definition) is 1. The number of nitrogens with one attached hydrogen (secondary N) is 1. The number of hydrogen-bond acceptors (Lipinski definition) is 4. The maximum atomic E-state index is 13.1. The molecule has 27 heavy (non-hydrogen) atoms. The summed E-state index contributed by atoms with van der Waals surface area (Å²) in [6.07, 6.45) is 1.16. The van der Waals surface area contributed by atoms with Crippen LogP contribution >= 0.6 is 0 Å². The van der Waals surface area contributed by atoms with Crippen molar-refractivity contribution in [2.75, 3.05) is 6.61 Å². The van der Waals surface area contributed by atoms with Gasteiger partial charge in [-0.25, -0.2) is 0 Å². The van der Waals surface area contributed by atoms with Crippen molar-refractivity contribution in [1.29, 1.82) is 0 Å². The fourth-order valence-corrected chi connectivity index (χ4v) is 4.25. The van der Waals surface area contributed by atoms with Crippen LogP contribution in [0.15, 0.2) is 17.9 Å². The Kier molecular flexibility index (Phi) is 5.17. The lowest BCUT2D eigenvalue weighted by Crippen LogP contribution is -2.51. The third-order valence-electron chi connectivity index (χ3n) is 5.41. The van der Waals surface area contributed by atoms with E-state index in [0.717, 1.165) is 22.3 Å². The largest absolute Gasteiger partial charge is 0.427 e. The van der Waals surface area contributed by atoms with Crippen LogP contribution in [0.25, 0.3) is 5.57 Å². The number of carbonyl (C=O) groups excluding carboxylic acids is 2. The normalized spacial score (nSPS) is 25.3. The summed E-state index contributed by atoms with van der Waals surface area (Å²) in [5, 5.41) is 3.14. The van der Waals surface area contributed by atoms with Crippen LogP contribution in [-0.2, 0) is 19.1 Å². The number of aryl methyl sites for hydroxylation is 3. The third-order valence-corrected chi connectivity index (χ3v) is 5.41. The van der Waals surface area contributed by atoms with Crippen LogP contribution in [-0.4, -0.2) is 30.1 Å². The molecule has 2 aliphatic heterocycles. The van der Waals surface area contributed by atoms with Crippen molar-refractivity contribution in [3.8, 4) is 0 Å². The Morgan fingerprint density at radius 1 is 1.26 bits per heavy atom. The fourth-order valence-electron chi connectivity index (χ4n) is 4.25. The van der Waals surface area contributed by atoms with Gasteiger partial charge in [-0.05, 0) is 44.4 Å². The Bertz CT molecular complexity index is 801. The molecule has 146 valence electrons. The summed E-state index contributed by atoms with van der Waals surface area (Å²) in [4.78, 5) is 25.6. The van der Waals surface area contributed by atoms with E-state index < -0.39 is 5.54 Å². The number of ether oxygens (including phenoxy) is 2. The van der Waals surface area contributed by atoms with Crippen molar-refractivity contribution in [1.82, 2.24) is 5.32 Å². The molecule has 2 heterocycles. The van der Waals surface area contributed by atoms with Gasteiger partial charge in [0, 0.05) is 19.4 Å². The van der Waals surface area contributed by atoms with Gasteiger partial charge in [0.25, 0.3) is 5.91 Å². The first-order valence-corrected chi connectivity index (χ1v) is 9.63. The Hall–Kier alpha value is -2.14. The maximum Gasteiger partial charge on any atom is 0.313 e. The van der Waals surface area contributed by atoms with E-state index in [1.54, 1.807) is 13.8 Å². The summed E-state index contributed by atoms with van der Waals surface area (Å²) in [5.74, 6) is -0.300. The van der Waals surface area contributed by atoms with Crippen molar-refractivity contribution in [3.63, 3.8) is 0 Å². The van der Waals surface area contributed by atoms with Crippen LogP contribution in [0.2, 0.25) is 0 Å². The van der Waals surface area contributed by atoms with Crippen molar-refractivity contribution >= 4 is 17.4 Å². The molecular weight excluding hydrogens is 342 g/mol. The monoisotopic (exact) mass is 371 g/mol. The van der Waals surface area contributed by atoms with Crippen LogP contribution in [0.3, 0.4) is 0 Å². The molecule has 2 aliphatic rings. The minimum absolute atomic E-state index is 0.0219. The highest BCUT2D eigenvalue weighted by Gasteiger charge is 2.50. The minimum Gasteiger partial charge on any atom is -0.427 e. The zero-order valence-electron chi connectivity index (χ0n) is 17.1. The molecule has 1 amide bonds. The van der Waals surface area contributed by atoms with Gasteiger partial charge in [0.1, 0.15) is 11.3 Å². The average molecular weight is 371 g/mol. The van der Waals surface area contributed by atoms with Crippen molar-refractivity contribution in [3.05, 3.63) is 40.1 Å². The summed E-state index contributed by atoms with van der Waals surface area (Å²) >= 11 is 0. The van der Waals surface area contributed by atoms with Gasteiger partial charge in [0.05, 0.1) is 17.6 Å². The topological polar surface area (TPSA) is 64.6 Å². The van der Waals surface area contributed by atoms with E-state index >= 15 is 0 Å². The zero-order chi connectivity index (χ0) is 19.9. The number of benzene rings is 1. The molecule has 1 N–H and O–H groups in total. The number of rotatable bonds is 3. The number of amides is 1.